The van der Waals surface area contributed by atoms with Crippen molar-refractivity contribution >= 4 is 0 Å². The van der Waals surface area contributed by atoms with E-state index >= 15 is 0 Å². The van der Waals surface area contributed by atoms with Crippen LogP contribution in [0.4, 0.5) is 0 Å². The second-order valence-electron chi connectivity index (χ2n) is 4.25. The monoisotopic (exact) mass is 228 g/mol. The maximum Gasteiger partial charge on any atom is 0.107 e. The molecule has 0 spiro atoms. The Balaban J connectivity index is 2.23. The van der Waals surface area contributed by atoms with E-state index in [0.717, 1.165) is 5.56 Å². The quantitative estimate of drug-likeness (QED) is 0.795. The Morgan fingerprint density at radius 3 is 2.65 bits per heavy atom. The first kappa shape index (κ1) is 11.8. The number of hydrogen-bond donors (Lipinski definition) is 1. The number of hydrogen-bond acceptors (Lipinski definition) is 3. The summed E-state index contributed by atoms with van der Waals surface area (Å²) in [6.07, 6.45) is 1.77. The molecule has 3 heteroatoms. The van der Waals surface area contributed by atoms with Crippen LogP contribution in [0.5, 0.6) is 0 Å². The third-order valence-corrected chi connectivity index (χ3v) is 3.38. The van der Waals surface area contributed by atoms with E-state index in [1.807, 2.05) is 35.2 Å². The van der Waals surface area contributed by atoms with Crippen molar-refractivity contribution in [2.75, 3.05) is 13.2 Å². The third kappa shape index (κ3) is 1.97. The van der Waals surface area contributed by atoms with Crippen molar-refractivity contribution in [2.45, 2.75) is 18.0 Å². The molecule has 3 nitrogen and oxygen atoms in total. The molecule has 1 aliphatic rings. The molecule has 1 heterocycles. The highest BCUT2D eigenvalue weighted by atomic mass is 16.3. The summed E-state index contributed by atoms with van der Waals surface area (Å²) >= 11 is 0. The van der Waals surface area contributed by atoms with Crippen LogP contribution in [-0.4, -0.2) is 35.2 Å². The summed E-state index contributed by atoms with van der Waals surface area (Å²) in [6, 6.07) is 12.1. The number of rotatable bonds is 4. The van der Waals surface area contributed by atoms with Crippen LogP contribution in [0.1, 0.15) is 11.5 Å². The largest absolute Gasteiger partial charge is 0.395 e. The summed E-state index contributed by atoms with van der Waals surface area (Å²) < 4.78 is 0. The van der Waals surface area contributed by atoms with Crippen LogP contribution < -0.4 is 0 Å². The lowest BCUT2D eigenvalue weighted by molar-refractivity contribution is -0.00730. The minimum absolute atomic E-state index is 0.0278. The fraction of sp³-hybridized carbons (Fsp3) is 0.357. The van der Waals surface area contributed by atoms with Gasteiger partial charge in [0.15, 0.2) is 0 Å². The van der Waals surface area contributed by atoms with Gasteiger partial charge in [-0.2, -0.15) is 5.26 Å². The van der Waals surface area contributed by atoms with E-state index in [1.165, 1.54) is 0 Å². The minimum Gasteiger partial charge on any atom is -0.395 e. The van der Waals surface area contributed by atoms with Crippen molar-refractivity contribution in [3.63, 3.8) is 0 Å². The van der Waals surface area contributed by atoms with Gasteiger partial charge in [-0.1, -0.05) is 36.4 Å². The van der Waals surface area contributed by atoms with Gasteiger partial charge >= 0.3 is 0 Å². The molecule has 3 atom stereocenters. The molecule has 17 heavy (non-hydrogen) atoms. The number of nitriles is 1. The smallest absolute Gasteiger partial charge is 0.107 e. The highest BCUT2D eigenvalue weighted by Crippen LogP contribution is 2.39. The topological polar surface area (TPSA) is 47.3 Å². The molecule has 1 N–H and O–H groups in total. The molecule has 1 aromatic rings. The SMILES string of the molecule is C=CCN1[C@H](CO)[C@H](c2ccccc2)[C@@H]1C#N. The summed E-state index contributed by atoms with van der Waals surface area (Å²) in [5.41, 5.74) is 1.12. The average Bonchev–Trinajstić information content (AvgIpc) is 2.36. The molecule has 1 aliphatic heterocycles. The number of likely N-dealkylation sites (tertiary alicyclic amines) is 1. The Morgan fingerprint density at radius 2 is 2.12 bits per heavy atom. The Hall–Kier alpha value is -1.63. The molecule has 0 radical (unpaired) electrons. The Bertz CT molecular complexity index is 424. The molecule has 88 valence electrons. The molecule has 1 fully saturated rings. The Kier molecular flexibility index (Phi) is 3.58. The summed E-state index contributed by atoms with van der Waals surface area (Å²) in [4.78, 5) is 1.99. The summed E-state index contributed by atoms with van der Waals surface area (Å²) in [5, 5.41) is 18.7. The van der Waals surface area contributed by atoms with Gasteiger partial charge in [-0.05, 0) is 5.56 Å². The zero-order valence-electron chi connectivity index (χ0n) is 9.66. The van der Waals surface area contributed by atoms with Gasteiger partial charge in [-0.15, -0.1) is 6.58 Å². The second kappa shape index (κ2) is 5.13. The van der Waals surface area contributed by atoms with E-state index in [4.69, 9.17) is 0 Å². The first-order chi connectivity index (χ1) is 8.33. The van der Waals surface area contributed by atoms with Gasteiger partial charge in [-0.25, -0.2) is 0 Å². The second-order valence-corrected chi connectivity index (χ2v) is 4.25. The van der Waals surface area contributed by atoms with E-state index < -0.39 is 0 Å². The third-order valence-electron chi connectivity index (χ3n) is 3.38. The van der Waals surface area contributed by atoms with Gasteiger partial charge in [0.25, 0.3) is 0 Å². The fourth-order valence-corrected chi connectivity index (χ4v) is 2.58. The molecule has 0 amide bonds. The summed E-state index contributed by atoms with van der Waals surface area (Å²) in [6.45, 7) is 4.41. The zero-order valence-corrected chi connectivity index (χ0v) is 9.66. The molecule has 0 saturated carbocycles. The lowest BCUT2D eigenvalue weighted by atomic mass is 9.76. The van der Waals surface area contributed by atoms with E-state index in [1.54, 1.807) is 6.08 Å². The molecule has 1 saturated heterocycles. The van der Waals surface area contributed by atoms with Crippen LogP contribution in [0.15, 0.2) is 43.0 Å². The van der Waals surface area contributed by atoms with Crippen LogP contribution in [0.3, 0.4) is 0 Å². The van der Waals surface area contributed by atoms with Crippen LogP contribution in [0.2, 0.25) is 0 Å². The van der Waals surface area contributed by atoms with Gasteiger partial charge in [0.05, 0.1) is 12.7 Å². The van der Waals surface area contributed by atoms with Crippen LogP contribution >= 0.6 is 0 Å². The molecule has 2 rings (SSSR count). The average molecular weight is 228 g/mol. The summed E-state index contributed by atoms with van der Waals surface area (Å²) in [5.74, 6) is 0.103. The van der Waals surface area contributed by atoms with Crippen molar-refractivity contribution in [2.24, 2.45) is 0 Å². The van der Waals surface area contributed by atoms with Crippen LogP contribution in [-0.2, 0) is 0 Å². The van der Waals surface area contributed by atoms with Crippen LogP contribution in [0, 0.1) is 11.3 Å². The molecule has 0 bridgehead atoms. The number of nitrogens with zero attached hydrogens (tertiary/aromatic N) is 2. The normalized spacial score (nSPS) is 28.1. The van der Waals surface area contributed by atoms with Crippen molar-refractivity contribution in [3.05, 3.63) is 48.6 Å². The van der Waals surface area contributed by atoms with Crippen molar-refractivity contribution in [3.8, 4) is 6.07 Å². The van der Waals surface area contributed by atoms with E-state index in [-0.39, 0.29) is 24.6 Å². The predicted octanol–water partition coefficient (Wildman–Crippen LogP) is 1.52. The fourth-order valence-electron chi connectivity index (χ4n) is 2.58. The summed E-state index contributed by atoms with van der Waals surface area (Å²) in [7, 11) is 0. The van der Waals surface area contributed by atoms with Crippen molar-refractivity contribution < 1.29 is 5.11 Å². The minimum atomic E-state index is -0.160. The van der Waals surface area contributed by atoms with Gasteiger partial charge < -0.3 is 5.11 Å². The first-order valence-corrected chi connectivity index (χ1v) is 5.75. The van der Waals surface area contributed by atoms with Crippen molar-refractivity contribution in [1.29, 1.82) is 5.26 Å². The first-order valence-electron chi connectivity index (χ1n) is 5.75. The molecule has 0 aromatic heterocycles. The van der Waals surface area contributed by atoms with Crippen LogP contribution in [0.25, 0.3) is 0 Å². The lowest BCUT2D eigenvalue weighted by Crippen LogP contribution is -2.63. The van der Waals surface area contributed by atoms with Gasteiger partial charge in [0.2, 0.25) is 0 Å². The lowest BCUT2D eigenvalue weighted by Gasteiger charge is -2.51. The molecule has 0 aliphatic carbocycles. The number of aliphatic hydroxyl groups excluding tert-OH is 1. The maximum atomic E-state index is 9.44. The van der Waals surface area contributed by atoms with E-state index in [9.17, 15) is 10.4 Å². The number of aliphatic hydroxyl groups is 1. The number of benzene rings is 1. The zero-order chi connectivity index (χ0) is 12.3. The highest BCUT2D eigenvalue weighted by Gasteiger charge is 2.48. The highest BCUT2D eigenvalue weighted by molar-refractivity contribution is 5.31. The Morgan fingerprint density at radius 1 is 1.41 bits per heavy atom. The van der Waals surface area contributed by atoms with Gasteiger partial charge in [0.1, 0.15) is 6.04 Å². The van der Waals surface area contributed by atoms with Gasteiger partial charge in [-0.3, -0.25) is 4.90 Å². The molecular weight excluding hydrogens is 212 g/mol. The van der Waals surface area contributed by atoms with Crippen molar-refractivity contribution in [1.82, 2.24) is 4.90 Å². The van der Waals surface area contributed by atoms with E-state index in [0.29, 0.717) is 6.54 Å². The van der Waals surface area contributed by atoms with E-state index in [2.05, 4.69) is 12.6 Å². The predicted molar refractivity (Wildman–Crippen MR) is 66.4 cm³/mol. The Labute approximate surface area is 102 Å². The molecule has 1 aromatic carbocycles. The molecule has 0 unspecified atom stereocenters. The molecular formula is C14H16N2O. The maximum absolute atomic E-state index is 9.44. The standard InChI is InChI=1S/C14H16N2O/c1-2-8-16-12(9-15)14(13(16)10-17)11-6-4-3-5-7-11/h2-7,12-14,17H,1,8,10H2/t12-,13+,14+/m0/s1. The van der Waals surface area contributed by atoms with Gasteiger partial charge in [0, 0.05) is 18.5 Å².